The van der Waals surface area contributed by atoms with Crippen molar-refractivity contribution in [1.82, 2.24) is 4.90 Å². The summed E-state index contributed by atoms with van der Waals surface area (Å²) in [6.07, 6.45) is 5.34. The van der Waals surface area contributed by atoms with Gasteiger partial charge in [-0.25, -0.2) is 0 Å². The summed E-state index contributed by atoms with van der Waals surface area (Å²) in [7, 11) is 0. The Bertz CT molecular complexity index is 433. The summed E-state index contributed by atoms with van der Waals surface area (Å²) in [5, 5.41) is 0. The van der Waals surface area contributed by atoms with Crippen LogP contribution in [0.15, 0.2) is 24.3 Å². The standard InChI is InChI=1S/C18H28N2O/c1-2-10-21-17-8-6-14(7-9-17)18(19)13-20-11-15-4-3-5-16(15)12-20/h6-9,15-16,18H,2-5,10-13,19H2,1H3. The number of nitrogens with two attached hydrogens (primary N) is 1. The van der Waals surface area contributed by atoms with Gasteiger partial charge in [-0.1, -0.05) is 25.5 Å². The van der Waals surface area contributed by atoms with Crippen LogP contribution in [0.5, 0.6) is 5.75 Å². The van der Waals surface area contributed by atoms with Gasteiger partial charge in [-0.15, -0.1) is 0 Å². The van der Waals surface area contributed by atoms with Gasteiger partial charge in [0.1, 0.15) is 5.75 Å². The molecule has 1 heterocycles. The second-order valence-electron chi connectivity index (χ2n) is 6.69. The molecule has 1 aliphatic carbocycles. The monoisotopic (exact) mass is 288 g/mol. The van der Waals surface area contributed by atoms with E-state index in [0.29, 0.717) is 0 Å². The smallest absolute Gasteiger partial charge is 0.119 e. The van der Waals surface area contributed by atoms with Crippen LogP contribution < -0.4 is 10.5 Å². The van der Waals surface area contributed by atoms with Gasteiger partial charge in [-0.2, -0.15) is 0 Å². The molecule has 0 aromatic heterocycles. The molecule has 1 aromatic rings. The summed E-state index contributed by atoms with van der Waals surface area (Å²) in [4.78, 5) is 2.57. The van der Waals surface area contributed by atoms with Crippen molar-refractivity contribution in [3.8, 4) is 5.75 Å². The lowest BCUT2D eigenvalue weighted by molar-refractivity contribution is 0.291. The zero-order valence-electron chi connectivity index (χ0n) is 13.1. The fourth-order valence-corrected chi connectivity index (χ4v) is 3.90. The number of hydrogen-bond donors (Lipinski definition) is 1. The van der Waals surface area contributed by atoms with Gasteiger partial charge in [-0.05, 0) is 48.8 Å². The first-order valence-electron chi connectivity index (χ1n) is 8.47. The highest BCUT2D eigenvalue weighted by Gasteiger charge is 2.36. The number of hydrogen-bond acceptors (Lipinski definition) is 3. The van der Waals surface area contributed by atoms with E-state index >= 15 is 0 Å². The SMILES string of the molecule is CCCOc1ccc(C(N)CN2CC3CCCC3C2)cc1. The fourth-order valence-electron chi connectivity index (χ4n) is 3.90. The predicted molar refractivity (Wildman–Crippen MR) is 86.4 cm³/mol. The summed E-state index contributed by atoms with van der Waals surface area (Å²) in [5.41, 5.74) is 7.61. The van der Waals surface area contributed by atoms with Gasteiger partial charge in [0.2, 0.25) is 0 Å². The second-order valence-corrected chi connectivity index (χ2v) is 6.69. The second kappa shape index (κ2) is 6.80. The maximum absolute atomic E-state index is 6.39. The van der Waals surface area contributed by atoms with Crippen LogP contribution in [-0.4, -0.2) is 31.1 Å². The van der Waals surface area contributed by atoms with Crippen molar-refractivity contribution in [1.29, 1.82) is 0 Å². The van der Waals surface area contributed by atoms with Crippen molar-refractivity contribution in [2.75, 3.05) is 26.2 Å². The van der Waals surface area contributed by atoms with Gasteiger partial charge in [0.25, 0.3) is 0 Å². The van der Waals surface area contributed by atoms with E-state index in [0.717, 1.165) is 37.2 Å². The van der Waals surface area contributed by atoms with Crippen molar-refractivity contribution in [2.45, 2.75) is 38.6 Å². The van der Waals surface area contributed by atoms with Gasteiger partial charge in [0.15, 0.2) is 0 Å². The zero-order valence-corrected chi connectivity index (χ0v) is 13.1. The van der Waals surface area contributed by atoms with Crippen LogP contribution in [-0.2, 0) is 0 Å². The first-order chi connectivity index (χ1) is 10.3. The zero-order chi connectivity index (χ0) is 14.7. The van der Waals surface area contributed by atoms with Gasteiger partial charge < -0.3 is 15.4 Å². The van der Waals surface area contributed by atoms with Crippen molar-refractivity contribution in [2.24, 2.45) is 17.6 Å². The first kappa shape index (κ1) is 14.9. The summed E-state index contributed by atoms with van der Waals surface area (Å²) in [5.74, 6) is 2.84. The molecule has 1 aliphatic heterocycles. The fraction of sp³-hybridized carbons (Fsp3) is 0.667. The number of nitrogens with zero attached hydrogens (tertiary/aromatic N) is 1. The van der Waals surface area contributed by atoms with Crippen molar-refractivity contribution < 1.29 is 4.74 Å². The Balaban J connectivity index is 1.52. The highest BCUT2D eigenvalue weighted by molar-refractivity contribution is 5.29. The average Bonchev–Trinajstić information content (AvgIpc) is 3.06. The molecular formula is C18H28N2O. The van der Waals surface area contributed by atoms with Gasteiger partial charge in [0, 0.05) is 25.7 Å². The molecule has 21 heavy (non-hydrogen) atoms. The number of rotatable bonds is 6. The molecule has 2 N–H and O–H groups in total. The molecule has 2 aliphatic rings. The highest BCUT2D eigenvalue weighted by atomic mass is 16.5. The summed E-state index contributed by atoms with van der Waals surface area (Å²) in [6, 6.07) is 8.44. The van der Waals surface area contributed by atoms with Gasteiger partial charge in [0.05, 0.1) is 6.61 Å². The molecule has 3 nitrogen and oxygen atoms in total. The van der Waals surface area contributed by atoms with Crippen LogP contribution in [0.2, 0.25) is 0 Å². The average molecular weight is 288 g/mol. The minimum atomic E-state index is 0.115. The topological polar surface area (TPSA) is 38.5 Å². The van der Waals surface area contributed by atoms with Gasteiger partial charge >= 0.3 is 0 Å². The van der Waals surface area contributed by atoms with E-state index < -0.39 is 0 Å². The Morgan fingerprint density at radius 3 is 2.48 bits per heavy atom. The number of ether oxygens (including phenoxy) is 1. The third-order valence-electron chi connectivity index (χ3n) is 5.04. The predicted octanol–water partition coefficient (Wildman–Crippen LogP) is 3.21. The lowest BCUT2D eigenvalue weighted by atomic mass is 10.0. The molecule has 1 aromatic carbocycles. The van der Waals surface area contributed by atoms with E-state index in [9.17, 15) is 0 Å². The third kappa shape index (κ3) is 3.58. The molecule has 0 spiro atoms. The number of likely N-dealkylation sites (tertiary alicyclic amines) is 1. The summed E-state index contributed by atoms with van der Waals surface area (Å²) < 4.78 is 5.62. The quantitative estimate of drug-likeness (QED) is 0.873. The first-order valence-corrected chi connectivity index (χ1v) is 8.47. The highest BCUT2D eigenvalue weighted by Crippen LogP contribution is 2.38. The largest absolute Gasteiger partial charge is 0.494 e. The van der Waals surface area contributed by atoms with Crippen molar-refractivity contribution in [3.63, 3.8) is 0 Å². The summed E-state index contributed by atoms with van der Waals surface area (Å²) >= 11 is 0. The Morgan fingerprint density at radius 1 is 1.19 bits per heavy atom. The van der Waals surface area contributed by atoms with E-state index in [2.05, 4.69) is 24.0 Å². The van der Waals surface area contributed by atoms with Crippen molar-refractivity contribution in [3.05, 3.63) is 29.8 Å². The molecular weight excluding hydrogens is 260 g/mol. The van der Waals surface area contributed by atoms with Crippen LogP contribution in [0.3, 0.4) is 0 Å². The molecule has 116 valence electrons. The maximum atomic E-state index is 6.39. The van der Waals surface area contributed by atoms with Gasteiger partial charge in [-0.3, -0.25) is 0 Å². The normalized spacial score (nSPS) is 26.8. The number of fused-ring (bicyclic) bond motifs is 1. The Hall–Kier alpha value is -1.06. The van der Waals surface area contributed by atoms with E-state index in [1.165, 1.54) is 37.9 Å². The lowest BCUT2D eigenvalue weighted by Gasteiger charge is -2.22. The Labute approximate surface area is 128 Å². The summed E-state index contributed by atoms with van der Waals surface area (Å²) in [6.45, 7) is 6.41. The molecule has 0 amide bonds. The molecule has 3 rings (SSSR count). The third-order valence-corrected chi connectivity index (χ3v) is 5.04. The van der Waals surface area contributed by atoms with E-state index in [1.807, 2.05) is 12.1 Å². The molecule has 0 bridgehead atoms. The molecule has 2 fully saturated rings. The molecule has 1 saturated carbocycles. The molecule has 3 atom stereocenters. The minimum Gasteiger partial charge on any atom is -0.494 e. The van der Waals surface area contributed by atoms with Crippen LogP contribution in [0, 0.1) is 11.8 Å². The number of benzene rings is 1. The van der Waals surface area contributed by atoms with Crippen LogP contribution >= 0.6 is 0 Å². The maximum Gasteiger partial charge on any atom is 0.119 e. The lowest BCUT2D eigenvalue weighted by Crippen LogP contribution is -2.31. The van der Waals surface area contributed by atoms with Crippen molar-refractivity contribution >= 4 is 0 Å². The van der Waals surface area contributed by atoms with Crippen LogP contribution in [0.4, 0.5) is 0 Å². The Kier molecular flexibility index (Phi) is 4.81. The Morgan fingerprint density at radius 2 is 1.86 bits per heavy atom. The molecule has 0 radical (unpaired) electrons. The van der Waals surface area contributed by atoms with E-state index in [1.54, 1.807) is 0 Å². The molecule has 1 saturated heterocycles. The van der Waals surface area contributed by atoms with E-state index in [-0.39, 0.29) is 6.04 Å². The van der Waals surface area contributed by atoms with E-state index in [4.69, 9.17) is 10.5 Å². The minimum absolute atomic E-state index is 0.115. The van der Waals surface area contributed by atoms with Crippen LogP contribution in [0.25, 0.3) is 0 Å². The molecule has 3 heteroatoms. The molecule has 3 unspecified atom stereocenters. The van der Waals surface area contributed by atoms with Crippen LogP contribution in [0.1, 0.15) is 44.2 Å².